The van der Waals surface area contributed by atoms with Gasteiger partial charge in [-0.25, -0.2) is 0 Å². The molecule has 0 amide bonds. The van der Waals surface area contributed by atoms with E-state index in [1.54, 1.807) is 0 Å². The highest BCUT2D eigenvalue weighted by molar-refractivity contribution is 5.49. The summed E-state index contributed by atoms with van der Waals surface area (Å²) in [6, 6.07) is 0.708. The fraction of sp³-hybridized carbons (Fsp3) is 0.938. The number of aldehydes is 1. The van der Waals surface area contributed by atoms with E-state index in [1.165, 1.54) is 58.4 Å². The lowest BCUT2D eigenvalue weighted by Gasteiger charge is -2.38. The number of rotatable bonds is 5. The van der Waals surface area contributed by atoms with Crippen molar-refractivity contribution in [2.24, 2.45) is 11.8 Å². The first-order valence-electron chi connectivity index (χ1n) is 8.09. The van der Waals surface area contributed by atoms with E-state index in [0.29, 0.717) is 12.0 Å². The first-order chi connectivity index (χ1) is 9.19. The normalized spacial score (nSPS) is 25.0. The number of hydrogen-bond acceptors (Lipinski definition) is 3. The second-order valence-corrected chi connectivity index (χ2v) is 6.72. The lowest BCUT2D eigenvalue weighted by atomic mass is 9.91. The van der Waals surface area contributed by atoms with Gasteiger partial charge in [0.25, 0.3) is 0 Å². The number of likely N-dealkylation sites (tertiary alicyclic amines) is 2. The van der Waals surface area contributed by atoms with E-state index in [1.807, 2.05) is 0 Å². The summed E-state index contributed by atoms with van der Waals surface area (Å²) in [5.41, 5.74) is 0. The molecule has 2 rings (SSSR count). The van der Waals surface area contributed by atoms with E-state index in [-0.39, 0.29) is 0 Å². The van der Waals surface area contributed by atoms with Crippen LogP contribution in [0.3, 0.4) is 0 Å². The molecule has 0 aromatic rings. The molecule has 2 heterocycles. The summed E-state index contributed by atoms with van der Waals surface area (Å²) >= 11 is 0. The topological polar surface area (TPSA) is 23.6 Å². The maximum Gasteiger partial charge on any atom is 0.120 e. The average Bonchev–Trinajstić information content (AvgIpc) is 2.42. The maximum absolute atomic E-state index is 10.5. The van der Waals surface area contributed by atoms with E-state index >= 15 is 0 Å². The van der Waals surface area contributed by atoms with E-state index in [4.69, 9.17) is 0 Å². The Bertz CT molecular complexity index is 264. The Hall–Kier alpha value is -0.410. The molecule has 0 unspecified atom stereocenters. The van der Waals surface area contributed by atoms with E-state index in [2.05, 4.69) is 23.6 Å². The van der Waals surface area contributed by atoms with Gasteiger partial charge >= 0.3 is 0 Å². The largest absolute Gasteiger partial charge is 0.303 e. The molecule has 2 fully saturated rings. The van der Waals surface area contributed by atoms with Gasteiger partial charge in [0.05, 0.1) is 0 Å². The predicted molar refractivity (Wildman–Crippen MR) is 79.3 cm³/mol. The third kappa shape index (κ3) is 4.57. The van der Waals surface area contributed by atoms with Gasteiger partial charge in [0.1, 0.15) is 6.29 Å². The summed E-state index contributed by atoms with van der Waals surface area (Å²) in [5.74, 6) is 1.56. The second kappa shape index (κ2) is 7.39. The summed E-state index contributed by atoms with van der Waals surface area (Å²) in [4.78, 5) is 15.8. The highest BCUT2D eigenvalue weighted by Gasteiger charge is 2.25. The monoisotopic (exact) mass is 266 g/mol. The average molecular weight is 266 g/mol. The van der Waals surface area contributed by atoms with Crippen LogP contribution in [0.5, 0.6) is 0 Å². The Morgan fingerprint density at radius 1 is 1.00 bits per heavy atom. The molecule has 0 aromatic heterocycles. The van der Waals surface area contributed by atoms with E-state index in [9.17, 15) is 4.79 Å². The smallest absolute Gasteiger partial charge is 0.120 e. The minimum atomic E-state index is 0.663. The van der Waals surface area contributed by atoms with Crippen LogP contribution in [0.2, 0.25) is 0 Å². The number of nitrogens with zero attached hydrogens (tertiary/aromatic N) is 2. The lowest BCUT2D eigenvalue weighted by Crippen LogP contribution is -2.43. The molecule has 3 nitrogen and oxygen atoms in total. The van der Waals surface area contributed by atoms with Crippen molar-refractivity contribution in [3.63, 3.8) is 0 Å². The molecule has 0 aliphatic carbocycles. The van der Waals surface area contributed by atoms with Crippen LogP contribution < -0.4 is 0 Å². The van der Waals surface area contributed by atoms with Crippen LogP contribution in [-0.2, 0) is 4.79 Å². The van der Waals surface area contributed by atoms with Crippen LogP contribution in [0.15, 0.2) is 0 Å². The van der Waals surface area contributed by atoms with Gasteiger partial charge in [0.15, 0.2) is 0 Å². The Morgan fingerprint density at radius 2 is 1.58 bits per heavy atom. The number of carbonyl (C=O) groups excluding carboxylic acids is 1. The van der Waals surface area contributed by atoms with Gasteiger partial charge in [-0.15, -0.1) is 0 Å². The first kappa shape index (κ1) is 15.0. The zero-order chi connectivity index (χ0) is 13.7. The third-order valence-electron chi connectivity index (χ3n) is 5.03. The minimum absolute atomic E-state index is 0.663. The van der Waals surface area contributed by atoms with Gasteiger partial charge in [0.2, 0.25) is 0 Å². The van der Waals surface area contributed by atoms with Gasteiger partial charge in [-0.2, -0.15) is 0 Å². The van der Waals surface area contributed by atoms with E-state index < -0.39 is 0 Å². The van der Waals surface area contributed by atoms with Gasteiger partial charge in [-0.05, 0) is 77.5 Å². The van der Waals surface area contributed by atoms with Crippen molar-refractivity contribution in [2.45, 2.75) is 52.0 Å². The van der Waals surface area contributed by atoms with Crippen LogP contribution in [-0.4, -0.2) is 54.9 Å². The highest BCUT2D eigenvalue weighted by atomic mass is 16.1. The van der Waals surface area contributed by atoms with E-state index in [0.717, 1.165) is 18.6 Å². The molecular formula is C16H30N2O. The Labute approximate surface area is 118 Å². The highest BCUT2D eigenvalue weighted by Crippen LogP contribution is 2.24. The summed E-state index contributed by atoms with van der Waals surface area (Å²) < 4.78 is 0. The molecule has 0 N–H and O–H groups in total. The molecular weight excluding hydrogens is 236 g/mol. The molecule has 2 aliphatic rings. The predicted octanol–water partition coefficient (Wildman–Crippen LogP) is 2.41. The van der Waals surface area contributed by atoms with Crippen molar-refractivity contribution in [3.05, 3.63) is 0 Å². The third-order valence-corrected chi connectivity index (χ3v) is 5.03. The molecule has 0 atom stereocenters. The summed E-state index contributed by atoms with van der Waals surface area (Å²) in [6.45, 7) is 10.9. The Kier molecular flexibility index (Phi) is 5.83. The SMILES string of the molecule is CC(C)N1CCC(CN2CCC(CC=O)CC2)CC1. The molecule has 3 heteroatoms. The number of piperidine rings is 2. The summed E-state index contributed by atoms with van der Waals surface area (Å²) in [7, 11) is 0. The molecule has 0 aromatic carbocycles. The van der Waals surface area contributed by atoms with Crippen LogP contribution in [0.25, 0.3) is 0 Å². The summed E-state index contributed by atoms with van der Waals surface area (Å²) in [6.07, 6.45) is 7.06. The van der Waals surface area contributed by atoms with Crippen molar-refractivity contribution in [1.82, 2.24) is 9.80 Å². The molecule has 0 radical (unpaired) electrons. The van der Waals surface area contributed by atoms with Crippen LogP contribution in [0, 0.1) is 11.8 Å². The fourth-order valence-electron chi connectivity index (χ4n) is 3.56. The maximum atomic E-state index is 10.5. The minimum Gasteiger partial charge on any atom is -0.303 e. The summed E-state index contributed by atoms with van der Waals surface area (Å²) in [5, 5.41) is 0. The van der Waals surface area contributed by atoms with Gasteiger partial charge < -0.3 is 14.6 Å². The van der Waals surface area contributed by atoms with Gasteiger partial charge in [-0.3, -0.25) is 0 Å². The first-order valence-corrected chi connectivity index (χ1v) is 8.09. The van der Waals surface area contributed by atoms with Crippen molar-refractivity contribution < 1.29 is 4.79 Å². The number of carbonyl (C=O) groups is 1. The van der Waals surface area contributed by atoms with Crippen LogP contribution >= 0.6 is 0 Å². The van der Waals surface area contributed by atoms with Crippen molar-refractivity contribution >= 4 is 6.29 Å². The van der Waals surface area contributed by atoms with Crippen molar-refractivity contribution in [1.29, 1.82) is 0 Å². The molecule has 0 saturated carbocycles. The quantitative estimate of drug-likeness (QED) is 0.714. The van der Waals surface area contributed by atoms with Gasteiger partial charge in [-0.1, -0.05) is 0 Å². The number of hydrogen-bond donors (Lipinski definition) is 0. The molecule has 0 spiro atoms. The van der Waals surface area contributed by atoms with Crippen LogP contribution in [0.1, 0.15) is 46.0 Å². The van der Waals surface area contributed by atoms with Gasteiger partial charge in [0, 0.05) is 19.0 Å². The lowest BCUT2D eigenvalue weighted by molar-refractivity contribution is -0.108. The molecule has 2 aliphatic heterocycles. The molecule has 2 saturated heterocycles. The van der Waals surface area contributed by atoms with Crippen molar-refractivity contribution in [3.8, 4) is 0 Å². The Balaban J connectivity index is 1.65. The fourth-order valence-corrected chi connectivity index (χ4v) is 3.56. The van der Waals surface area contributed by atoms with Crippen LogP contribution in [0.4, 0.5) is 0 Å². The Morgan fingerprint density at radius 3 is 2.11 bits per heavy atom. The standard InChI is InChI=1S/C16H30N2O/c1-14(2)18-10-5-16(6-11-18)13-17-8-3-15(4-9-17)7-12-19/h12,14-16H,3-11,13H2,1-2H3. The van der Waals surface area contributed by atoms with Crippen molar-refractivity contribution in [2.75, 3.05) is 32.7 Å². The second-order valence-electron chi connectivity index (χ2n) is 6.72. The molecule has 110 valence electrons. The zero-order valence-corrected chi connectivity index (χ0v) is 12.7. The molecule has 19 heavy (non-hydrogen) atoms. The zero-order valence-electron chi connectivity index (χ0n) is 12.7. The molecule has 0 bridgehead atoms.